The fourth-order valence-electron chi connectivity index (χ4n) is 2.35. The quantitative estimate of drug-likeness (QED) is 0.491. The lowest BCUT2D eigenvalue weighted by Crippen LogP contribution is -2.06. The van der Waals surface area contributed by atoms with Crippen LogP contribution in [0.2, 0.25) is 10.0 Å². The molecule has 0 N–H and O–H groups in total. The van der Waals surface area contributed by atoms with E-state index in [-0.39, 0.29) is 5.02 Å². The van der Waals surface area contributed by atoms with Crippen molar-refractivity contribution in [3.05, 3.63) is 69.0 Å². The molecule has 126 valence electrons. The second kappa shape index (κ2) is 7.40. The smallest absolute Gasteiger partial charge is 0.142 e. The molecule has 0 radical (unpaired) electrons. The lowest BCUT2D eigenvalue weighted by Gasteiger charge is -2.18. The Labute approximate surface area is 158 Å². The maximum atomic E-state index is 13.7. The highest BCUT2D eigenvalue weighted by molar-refractivity contribution is 7.16. The Bertz CT molecular complexity index is 968. The van der Waals surface area contributed by atoms with E-state index < -0.39 is 11.9 Å². The van der Waals surface area contributed by atoms with E-state index in [1.54, 1.807) is 31.5 Å². The summed E-state index contributed by atoms with van der Waals surface area (Å²) in [6.45, 7) is 1.73. The first-order valence-electron chi connectivity index (χ1n) is 7.25. The Hall–Kier alpha value is -2.13. The molecule has 2 heterocycles. The predicted octanol–water partition coefficient (Wildman–Crippen LogP) is 6.27. The number of halogens is 3. The molecule has 0 aliphatic carbocycles. The SMILES string of the molecule is C[C@@H](Oc1cncc(-c2ccc(C#N)s2)c1)c1c(Cl)ccc(F)c1Cl. The van der Waals surface area contributed by atoms with Crippen molar-refractivity contribution in [3.63, 3.8) is 0 Å². The van der Waals surface area contributed by atoms with Gasteiger partial charge in [-0.1, -0.05) is 23.2 Å². The van der Waals surface area contributed by atoms with Crippen molar-refractivity contribution >= 4 is 34.5 Å². The molecule has 0 fully saturated rings. The molecule has 3 aromatic rings. The van der Waals surface area contributed by atoms with Gasteiger partial charge in [-0.15, -0.1) is 11.3 Å². The van der Waals surface area contributed by atoms with Crippen LogP contribution >= 0.6 is 34.5 Å². The summed E-state index contributed by atoms with van der Waals surface area (Å²) in [6.07, 6.45) is 2.68. The van der Waals surface area contributed by atoms with Crippen molar-refractivity contribution in [2.75, 3.05) is 0 Å². The summed E-state index contributed by atoms with van der Waals surface area (Å²) < 4.78 is 19.6. The molecule has 0 aliphatic rings. The third-order valence-electron chi connectivity index (χ3n) is 3.51. The number of thiophene rings is 1. The summed E-state index contributed by atoms with van der Waals surface area (Å²) in [5, 5.41) is 9.21. The first kappa shape index (κ1) is 17.7. The summed E-state index contributed by atoms with van der Waals surface area (Å²) in [6, 6.07) is 10.2. The van der Waals surface area contributed by atoms with Crippen molar-refractivity contribution in [2.24, 2.45) is 0 Å². The van der Waals surface area contributed by atoms with Gasteiger partial charge < -0.3 is 4.74 Å². The monoisotopic (exact) mass is 392 g/mol. The Kier molecular flexibility index (Phi) is 5.24. The van der Waals surface area contributed by atoms with E-state index in [2.05, 4.69) is 11.1 Å². The molecule has 3 rings (SSSR count). The third kappa shape index (κ3) is 3.77. The number of hydrogen-bond donors (Lipinski definition) is 0. The van der Waals surface area contributed by atoms with Gasteiger partial charge in [-0.2, -0.15) is 5.26 Å². The molecule has 25 heavy (non-hydrogen) atoms. The number of nitriles is 1. The maximum absolute atomic E-state index is 13.7. The predicted molar refractivity (Wildman–Crippen MR) is 97.7 cm³/mol. The van der Waals surface area contributed by atoms with E-state index in [1.807, 2.05) is 6.07 Å². The Morgan fingerprint density at radius 2 is 2.04 bits per heavy atom. The Balaban J connectivity index is 1.88. The topological polar surface area (TPSA) is 45.9 Å². The summed E-state index contributed by atoms with van der Waals surface area (Å²) in [4.78, 5) is 5.69. The zero-order valence-corrected chi connectivity index (χ0v) is 15.3. The Morgan fingerprint density at radius 1 is 1.24 bits per heavy atom. The van der Waals surface area contributed by atoms with Gasteiger partial charge in [0.25, 0.3) is 0 Å². The number of hydrogen-bond acceptors (Lipinski definition) is 4. The van der Waals surface area contributed by atoms with Crippen LogP contribution in [0.25, 0.3) is 10.4 Å². The van der Waals surface area contributed by atoms with Crippen LogP contribution in [-0.4, -0.2) is 4.98 Å². The summed E-state index contributed by atoms with van der Waals surface area (Å²) >= 11 is 13.5. The standard InChI is InChI=1S/C18H11Cl2FN2OS/c1-10(17-14(19)3-4-15(21)18(17)20)24-12-6-11(8-23-9-12)16-5-2-13(7-22)25-16/h2-6,8-10H,1H3/t10-/m1/s1. The molecule has 2 aromatic heterocycles. The summed E-state index contributed by atoms with van der Waals surface area (Å²) in [5.74, 6) is -0.0562. The van der Waals surface area contributed by atoms with Crippen molar-refractivity contribution in [2.45, 2.75) is 13.0 Å². The number of pyridine rings is 1. The van der Waals surface area contributed by atoms with Crippen LogP contribution in [-0.2, 0) is 0 Å². The molecule has 0 bridgehead atoms. The van der Waals surface area contributed by atoms with Gasteiger partial charge in [-0.05, 0) is 37.3 Å². The van der Waals surface area contributed by atoms with Gasteiger partial charge in [-0.25, -0.2) is 4.39 Å². The van der Waals surface area contributed by atoms with Gasteiger partial charge in [0.05, 0.1) is 11.2 Å². The van der Waals surface area contributed by atoms with E-state index in [9.17, 15) is 4.39 Å². The first-order valence-corrected chi connectivity index (χ1v) is 8.82. The zero-order valence-electron chi connectivity index (χ0n) is 13.0. The minimum absolute atomic E-state index is 0.0546. The van der Waals surface area contributed by atoms with Crippen molar-refractivity contribution < 1.29 is 9.13 Å². The van der Waals surface area contributed by atoms with Gasteiger partial charge >= 0.3 is 0 Å². The fourth-order valence-corrected chi connectivity index (χ4v) is 3.81. The molecule has 3 nitrogen and oxygen atoms in total. The molecule has 0 saturated carbocycles. The zero-order chi connectivity index (χ0) is 18.0. The summed E-state index contributed by atoms with van der Waals surface area (Å²) in [7, 11) is 0. The fraction of sp³-hybridized carbons (Fsp3) is 0.111. The number of nitrogens with zero attached hydrogens (tertiary/aromatic N) is 2. The summed E-state index contributed by atoms with van der Waals surface area (Å²) in [5.41, 5.74) is 1.21. The van der Waals surface area contributed by atoms with E-state index >= 15 is 0 Å². The van der Waals surface area contributed by atoms with E-state index in [4.69, 9.17) is 33.2 Å². The van der Waals surface area contributed by atoms with Crippen LogP contribution < -0.4 is 4.74 Å². The second-order valence-electron chi connectivity index (χ2n) is 5.20. The van der Waals surface area contributed by atoms with Gasteiger partial charge in [-0.3, -0.25) is 4.98 Å². The minimum Gasteiger partial charge on any atom is -0.484 e. The van der Waals surface area contributed by atoms with Gasteiger partial charge in [0, 0.05) is 27.2 Å². The van der Waals surface area contributed by atoms with Crippen LogP contribution in [0.1, 0.15) is 23.5 Å². The number of rotatable bonds is 4. The highest BCUT2D eigenvalue weighted by Gasteiger charge is 2.19. The van der Waals surface area contributed by atoms with Crippen LogP contribution in [0.3, 0.4) is 0 Å². The molecule has 0 aliphatic heterocycles. The van der Waals surface area contributed by atoms with Crippen LogP contribution in [0.5, 0.6) is 5.75 Å². The van der Waals surface area contributed by atoms with Crippen LogP contribution in [0.4, 0.5) is 4.39 Å². The van der Waals surface area contributed by atoms with Gasteiger partial charge in [0.15, 0.2) is 0 Å². The molecule has 1 aromatic carbocycles. The van der Waals surface area contributed by atoms with Crippen LogP contribution in [0.15, 0.2) is 42.7 Å². The molecule has 7 heteroatoms. The lowest BCUT2D eigenvalue weighted by molar-refractivity contribution is 0.226. The number of ether oxygens (including phenoxy) is 1. The molecule has 0 spiro atoms. The van der Waals surface area contributed by atoms with Gasteiger partial charge in [0.1, 0.15) is 28.6 Å². The average Bonchev–Trinajstić information content (AvgIpc) is 3.08. The highest BCUT2D eigenvalue weighted by Crippen LogP contribution is 2.36. The minimum atomic E-state index is -0.564. The number of aromatic nitrogens is 1. The molecule has 0 amide bonds. The largest absolute Gasteiger partial charge is 0.484 e. The Morgan fingerprint density at radius 3 is 2.76 bits per heavy atom. The molecule has 1 atom stereocenters. The molecular formula is C18H11Cl2FN2OS. The van der Waals surface area contributed by atoms with E-state index in [1.165, 1.54) is 23.5 Å². The maximum Gasteiger partial charge on any atom is 0.142 e. The van der Waals surface area contributed by atoms with E-state index in [0.717, 1.165) is 10.4 Å². The van der Waals surface area contributed by atoms with Crippen molar-refractivity contribution in [1.29, 1.82) is 5.26 Å². The first-order chi connectivity index (χ1) is 12.0. The lowest BCUT2D eigenvalue weighted by atomic mass is 10.1. The van der Waals surface area contributed by atoms with Crippen molar-refractivity contribution in [3.8, 4) is 22.3 Å². The third-order valence-corrected chi connectivity index (χ3v) is 5.27. The highest BCUT2D eigenvalue weighted by atomic mass is 35.5. The number of benzene rings is 1. The van der Waals surface area contributed by atoms with Crippen molar-refractivity contribution in [1.82, 2.24) is 4.98 Å². The molecular weight excluding hydrogens is 382 g/mol. The van der Waals surface area contributed by atoms with Crippen LogP contribution in [0, 0.1) is 17.1 Å². The van der Waals surface area contributed by atoms with Gasteiger partial charge in [0.2, 0.25) is 0 Å². The normalized spacial score (nSPS) is 11.8. The molecule has 0 saturated heterocycles. The van der Waals surface area contributed by atoms with E-state index in [0.29, 0.717) is 21.2 Å². The molecule has 0 unspecified atom stereocenters. The average molecular weight is 393 g/mol. The second-order valence-corrected chi connectivity index (χ2v) is 7.07.